The predicted molar refractivity (Wildman–Crippen MR) is 86.9 cm³/mol. The summed E-state index contributed by atoms with van der Waals surface area (Å²) in [7, 11) is -0.545. The Morgan fingerprint density at radius 1 is 1.18 bits per heavy atom. The third-order valence-electron chi connectivity index (χ3n) is 4.26. The molecule has 3 rings (SSSR count). The van der Waals surface area contributed by atoms with E-state index in [2.05, 4.69) is 20.9 Å². The van der Waals surface area contributed by atoms with Crippen LogP contribution in [0.1, 0.15) is 27.7 Å². The van der Waals surface area contributed by atoms with E-state index in [1.54, 1.807) is 16.8 Å². The summed E-state index contributed by atoms with van der Waals surface area (Å²) >= 11 is 3.40. The van der Waals surface area contributed by atoms with Crippen molar-refractivity contribution in [2.24, 2.45) is 0 Å². The van der Waals surface area contributed by atoms with Crippen molar-refractivity contribution < 1.29 is 13.7 Å². The number of benzene rings is 1. The van der Waals surface area contributed by atoms with Crippen LogP contribution < -0.4 is 5.59 Å². The Morgan fingerprint density at radius 3 is 2.41 bits per heavy atom. The molecule has 4 nitrogen and oxygen atoms in total. The maximum Gasteiger partial charge on any atom is 0.516 e. The van der Waals surface area contributed by atoms with E-state index in [1.807, 2.05) is 33.8 Å². The van der Waals surface area contributed by atoms with Crippen LogP contribution in [-0.4, -0.2) is 27.9 Å². The van der Waals surface area contributed by atoms with E-state index in [-0.39, 0.29) is 5.82 Å². The molecule has 0 aliphatic carbocycles. The van der Waals surface area contributed by atoms with Gasteiger partial charge in [0.25, 0.3) is 0 Å². The van der Waals surface area contributed by atoms with Crippen molar-refractivity contribution in [3.8, 4) is 5.69 Å². The molecule has 0 bridgehead atoms. The molecular formula is C15H17BBrFN2O2. The Balaban J connectivity index is 1.94. The van der Waals surface area contributed by atoms with Crippen molar-refractivity contribution in [1.29, 1.82) is 0 Å². The van der Waals surface area contributed by atoms with Gasteiger partial charge in [0, 0.05) is 6.20 Å². The van der Waals surface area contributed by atoms with Gasteiger partial charge in [-0.2, -0.15) is 0 Å². The summed E-state index contributed by atoms with van der Waals surface area (Å²) < 4.78 is 27.7. The zero-order valence-electron chi connectivity index (χ0n) is 12.9. The van der Waals surface area contributed by atoms with E-state index < -0.39 is 18.3 Å². The van der Waals surface area contributed by atoms with Gasteiger partial charge >= 0.3 is 7.12 Å². The zero-order chi connectivity index (χ0) is 16.1. The molecule has 2 aromatic rings. The topological polar surface area (TPSA) is 36.3 Å². The number of rotatable bonds is 2. The average Bonchev–Trinajstić information content (AvgIpc) is 2.88. The standard InChI is InChI=1S/C15H17BBrFN2O2/c1-14(2)15(3,4)22-16(21-14)12-9-20(13(17)19-12)11-7-5-6-10(18)8-11/h5-9H,1-4H3. The zero-order valence-corrected chi connectivity index (χ0v) is 14.5. The minimum Gasteiger partial charge on any atom is -0.398 e. The first-order chi connectivity index (χ1) is 10.2. The lowest BCUT2D eigenvalue weighted by atomic mass is 9.86. The van der Waals surface area contributed by atoms with Crippen molar-refractivity contribution >= 4 is 28.6 Å². The molecular weight excluding hydrogens is 350 g/mol. The maximum atomic E-state index is 13.4. The van der Waals surface area contributed by atoms with Crippen LogP contribution in [0, 0.1) is 5.82 Å². The number of hydrogen-bond acceptors (Lipinski definition) is 3. The second-order valence-corrected chi connectivity index (χ2v) is 7.08. The molecule has 1 aromatic heterocycles. The third kappa shape index (κ3) is 2.62. The Hall–Kier alpha value is -1.18. The Bertz CT molecular complexity index is 701. The Labute approximate surface area is 137 Å². The lowest BCUT2D eigenvalue weighted by Crippen LogP contribution is -2.41. The maximum absolute atomic E-state index is 13.4. The summed E-state index contributed by atoms with van der Waals surface area (Å²) in [6, 6.07) is 6.32. The summed E-state index contributed by atoms with van der Waals surface area (Å²) in [6.07, 6.45) is 1.79. The lowest BCUT2D eigenvalue weighted by Gasteiger charge is -2.32. The van der Waals surface area contributed by atoms with Crippen LogP contribution in [0.15, 0.2) is 35.2 Å². The van der Waals surface area contributed by atoms with Gasteiger partial charge in [0.1, 0.15) is 5.82 Å². The molecule has 1 aliphatic rings. The van der Waals surface area contributed by atoms with Crippen LogP contribution in [0.5, 0.6) is 0 Å². The van der Waals surface area contributed by atoms with Crippen LogP contribution in [-0.2, 0) is 9.31 Å². The van der Waals surface area contributed by atoms with E-state index in [0.29, 0.717) is 16.0 Å². The highest BCUT2D eigenvalue weighted by Gasteiger charge is 2.52. The van der Waals surface area contributed by atoms with Crippen molar-refractivity contribution in [3.63, 3.8) is 0 Å². The van der Waals surface area contributed by atoms with Crippen molar-refractivity contribution in [2.75, 3.05) is 0 Å². The van der Waals surface area contributed by atoms with Crippen molar-refractivity contribution in [2.45, 2.75) is 38.9 Å². The average molecular weight is 367 g/mol. The van der Waals surface area contributed by atoms with E-state index in [0.717, 1.165) is 0 Å². The van der Waals surface area contributed by atoms with Gasteiger partial charge < -0.3 is 9.31 Å². The molecule has 0 spiro atoms. The molecule has 22 heavy (non-hydrogen) atoms. The quantitative estimate of drug-likeness (QED) is 0.766. The van der Waals surface area contributed by atoms with Crippen molar-refractivity contribution in [1.82, 2.24) is 9.55 Å². The fourth-order valence-corrected chi connectivity index (χ4v) is 2.77. The van der Waals surface area contributed by atoms with Crippen LogP contribution in [0.3, 0.4) is 0 Å². The lowest BCUT2D eigenvalue weighted by molar-refractivity contribution is 0.00578. The summed E-state index contributed by atoms with van der Waals surface area (Å²) in [5, 5.41) is 0. The highest BCUT2D eigenvalue weighted by atomic mass is 79.9. The molecule has 0 amide bonds. The molecule has 2 heterocycles. The molecule has 0 unspecified atom stereocenters. The molecule has 1 aliphatic heterocycles. The number of halogens is 2. The first-order valence-electron chi connectivity index (χ1n) is 7.06. The molecule has 0 N–H and O–H groups in total. The summed E-state index contributed by atoms with van der Waals surface area (Å²) in [4.78, 5) is 4.44. The first kappa shape index (κ1) is 15.7. The fraction of sp³-hybridized carbons (Fsp3) is 0.400. The van der Waals surface area contributed by atoms with Crippen LogP contribution in [0.25, 0.3) is 5.69 Å². The molecule has 7 heteroatoms. The van der Waals surface area contributed by atoms with E-state index >= 15 is 0 Å². The van der Waals surface area contributed by atoms with Crippen molar-refractivity contribution in [3.05, 3.63) is 41.0 Å². The summed E-state index contributed by atoms with van der Waals surface area (Å²) in [6.45, 7) is 7.97. The molecule has 1 aromatic carbocycles. The third-order valence-corrected chi connectivity index (χ3v) is 4.82. The summed E-state index contributed by atoms with van der Waals surface area (Å²) in [5.74, 6) is -0.296. The SMILES string of the molecule is CC1(C)OB(c2cn(-c3cccc(F)c3)c(Br)n2)OC1(C)C. The normalized spacial score (nSPS) is 19.6. The smallest absolute Gasteiger partial charge is 0.398 e. The summed E-state index contributed by atoms with van der Waals surface area (Å²) in [5.41, 5.74) is 0.483. The predicted octanol–water partition coefficient (Wildman–Crippen LogP) is 3.07. The van der Waals surface area contributed by atoms with E-state index in [4.69, 9.17) is 9.31 Å². The number of imidazole rings is 1. The molecule has 1 saturated heterocycles. The van der Waals surface area contributed by atoms with Gasteiger partial charge in [-0.05, 0) is 61.8 Å². The van der Waals surface area contributed by atoms with Gasteiger partial charge in [-0.25, -0.2) is 9.37 Å². The van der Waals surface area contributed by atoms with Crippen LogP contribution in [0.4, 0.5) is 4.39 Å². The van der Waals surface area contributed by atoms with Crippen LogP contribution in [0.2, 0.25) is 0 Å². The second kappa shape index (κ2) is 5.18. The minimum absolute atomic E-state index is 0.296. The molecule has 116 valence electrons. The highest BCUT2D eigenvalue weighted by Crippen LogP contribution is 2.36. The van der Waals surface area contributed by atoms with Crippen LogP contribution >= 0.6 is 15.9 Å². The number of nitrogens with zero attached hydrogens (tertiary/aromatic N) is 2. The molecule has 0 atom stereocenters. The monoisotopic (exact) mass is 366 g/mol. The molecule has 0 saturated carbocycles. The molecule has 0 radical (unpaired) electrons. The second-order valence-electron chi connectivity index (χ2n) is 6.37. The highest BCUT2D eigenvalue weighted by molar-refractivity contribution is 9.10. The number of aromatic nitrogens is 2. The van der Waals surface area contributed by atoms with Gasteiger partial charge in [-0.15, -0.1) is 0 Å². The van der Waals surface area contributed by atoms with Gasteiger partial charge in [0.05, 0.1) is 22.5 Å². The largest absolute Gasteiger partial charge is 0.516 e. The fourth-order valence-electron chi connectivity index (χ4n) is 2.26. The van der Waals surface area contributed by atoms with Gasteiger partial charge in [-0.3, -0.25) is 4.57 Å². The van der Waals surface area contributed by atoms with E-state index in [1.165, 1.54) is 12.1 Å². The Kier molecular flexibility index (Phi) is 3.70. The minimum atomic E-state index is -0.545. The Morgan fingerprint density at radius 2 is 1.82 bits per heavy atom. The molecule has 1 fully saturated rings. The first-order valence-corrected chi connectivity index (χ1v) is 7.85. The number of hydrogen-bond donors (Lipinski definition) is 0. The van der Waals surface area contributed by atoms with Gasteiger partial charge in [-0.1, -0.05) is 6.07 Å². The van der Waals surface area contributed by atoms with E-state index in [9.17, 15) is 4.39 Å². The van der Waals surface area contributed by atoms with Gasteiger partial charge in [0.15, 0.2) is 4.73 Å². The van der Waals surface area contributed by atoms with Gasteiger partial charge in [0.2, 0.25) is 0 Å².